The number of nitrogens with zero attached hydrogens (tertiary/aromatic N) is 1. The molecule has 0 bridgehead atoms. The standard InChI is InChI=1S/C15H16INOS/c1-15(2,3)13-9-19-14(17-13)8-12(18)10-4-6-11(16)7-5-10/h4-7,9H,8H2,1-3H3. The molecule has 0 aliphatic heterocycles. The van der Waals surface area contributed by atoms with Crippen molar-refractivity contribution in [2.45, 2.75) is 32.6 Å². The van der Waals surface area contributed by atoms with Crippen LogP contribution in [0, 0.1) is 3.57 Å². The van der Waals surface area contributed by atoms with Gasteiger partial charge in [-0.2, -0.15) is 0 Å². The maximum absolute atomic E-state index is 12.1. The Kier molecular flexibility index (Phi) is 4.40. The molecule has 4 heteroatoms. The van der Waals surface area contributed by atoms with Crippen LogP contribution in [0.4, 0.5) is 0 Å². The lowest BCUT2D eigenvalue weighted by molar-refractivity contribution is 0.0993. The van der Waals surface area contributed by atoms with Crippen molar-refractivity contribution < 1.29 is 4.79 Å². The number of carbonyl (C=O) groups excluding carboxylic acids is 1. The molecule has 0 atom stereocenters. The van der Waals surface area contributed by atoms with Gasteiger partial charge in [0.05, 0.1) is 12.1 Å². The Morgan fingerprint density at radius 3 is 2.42 bits per heavy atom. The normalized spacial score (nSPS) is 11.6. The van der Waals surface area contributed by atoms with Gasteiger partial charge in [-0.25, -0.2) is 4.98 Å². The molecule has 0 fully saturated rings. The number of hydrogen-bond donors (Lipinski definition) is 0. The SMILES string of the molecule is CC(C)(C)c1csc(CC(=O)c2ccc(I)cc2)n1. The lowest BCUT2D eigenvalue weighted by atomic mass is 9.93. The number of rotatable bonds is 3. The third kappa shape index (κ3) is 3.86. The van der Waals surface area contributed by atoms with Crippen LogP contribution in [0.2, 0.25) is 0 Å². The fraction of sp³-hybridized carbons (Fsp3) is 0.333. The third-order valence-electron chi connectivity index (χ3n) is 2.80. The second-order valence-electron chi connectivity index (χ2n) is 5.48. The topological polar surface area (TPSA) is 30.0 Å². The van der Waals surface area contributed by atoms with Crippen molar-refractivity contribution in [3.05, 3.63) is 49.5 Å². The van der Waals surface area contributed by atoms with Crippen LogP contribution in [0.3, 0.4) is 0 Å². The van der Waals surface area contributed by atoms with Gasteiger partial charge in [0.2, 0.25) is 0 Å². The van der Waals surface area contributed by atoms with Gasteiger partial charge in [0.1, 0.15) is 5.01 Å². The first-order valence-corrected chi connectivity index (χ1v) is 8.06. The molecule has 0 amide bonds. The number of thiazole rings is 1. The Morgan fingerprint density at radius 1 is 1.26 bits per heavy atom. The first-order chi connectivity index (χ1) is 8.86. The van der Waals surface area contributed by atoms with Crippen LogP contribution in [0.5, 0.6) is 0 Å². The molecule has 2 aromatic rings. The molecule has 0 spiro atoms. The van der Waals surface area contributed by atoms with Crippen LogP contribution >= 0.6 is 33.9 Å². The lowest BCUT2D eigenvalue weighted by Gasteiger charge is -2.14. The molecule has 0 radical (unpaired) electrons. The van der Waals surface area contributed by atoms with Gasteiger partial charge < -0.3 is 0 Å². The molecule has 0 N–H and O–H groups in total. The Balaban J connectivity index is 2.11. The summed E-state index contributed by atoms with van der Waals surface area (Å²) in [5.74, 6) is 0.131. The van der Waals surface area contributed by atoms with E-state index in [1.54, 1.807) is 11.3 Å². The number of carbonyl (C=O) groups is 1. The zero-order valence-corrected chi connectivity index (χ0v) is 14.2. The molecule has 2 nitrogen and oxygen atoms in total. The van der Waals surface area contributed by atoms with Crippen LogP contribution in [-0.2, 0) is 11.8 Å². The average Bonchev–Trinajstić information content (AvgIpc) is 2.78. The van der Waals surface area contributed by atoms with E-state index in [0.29, 0.717) is 6.42 Å². The van der Waals surface area contributed by atoms with E-state index in [1.807, 2.05) is 24.3 Å². The molecule has 0 aliphatic rings. The van der Waals surface area contributed by atoms with Crippen molar-refractivity contribution in [3.8, 4) is 0 Å². The fourth-order valence-electron chi connectivity index (χ4n) is 1.61. The Hall–Kier alpha value is -0.750. The predicted molar refractivity (Wildman–Crippen MR) is 88.0 cm³/mol. The first-order valence-electron chi connectivity index (χ1n) is 6.10. The van der Waals surface area contributed by atoms with Gasteiger partial charge in [0, 0.05) is 19.9 Å². The molecule has 0 saturated heterocycles. The van der Waals surface area contributed by atoms with Crippen LogP contribution in [-0.4, -0.2) is 10.8 Å². The molecular weight excluding hydrogens is 369 g/mol. The predicted octanol–water partition coefficient (Wildman–Crippen LogP) is 4.47. The number of ketones is 1. The zero-order valence-electron chi connectivity index (χ0n) is 11.2. The Morgan fingerprint density at radius 2 is 1.89 bits per heavy atom. The van der Waals surface area contributed by atoms with Crippen molar-refractivity contribution in [2.24, 2.45) is 0 Å². The minimum atomic E-state index is 0.0423. The van der Waals surface area contributed by atoms with Gasteiger partial charge in [0.25, 0.3) is 0 Å². The maximum atomic E-state index is 12.1. The number of aromatic nitrogens is 1. The Bertz CT molecular complexity index is 581. The van der Waals surface area contributed by atoms with Crippen LogP contribution in [0.1, 0.15) is 41.8 Å². The molecule has 2 rings (SSSR count). The van der Waals surface area contributed by atoms with Gasteiger partial charge in [-0.15, -0.1) is 11.3 Å². The highest BCUT2D eigenvalue weighted by molar-refractivity contribution is 14.1. The second-order valence-corrected chi connectivity index (χ2v) is 7.67. The molecule has 100 valence electrons. The Labute approximate surface area is 131 Å². The van der Waals surface area contributed by atoms with E-state index in [-0.39, 0.29) is 11.2 Å². The summed E-state index contributed by atoms with van der Waals surface area (Å²) in [6.07, 6.45) is 0.390. The van der Waals surface area contributed by atoms with Crippen LogP contribution in [0.15, 0.2) is 29.6 Å². The quantitative estimate of drug-likeness (QED) is 0.577. The van der Waals surface area contributed by atoms with E-state index in [1.165, 1.54) is 0 Å². The summed E-state index contributed by atoms with van der Waals surface area (Å²) < 4.78 is 1.14. The van der Waals surface area contributed by atoms with E-state index < -0.39 is 0 Å². The van der Waals surface area contributed by atoms with E-state index in [4.69, 9.17) is 0 Å². The summed E-state index contributed by atoms with van der Waals surface area (Å²) in [6.45, 7) is 6.40. The van der Waals surface area contributed by atoms with E-state index in [2.05, 4.69) is 53.7 Å². The van der Waals surface area contributed by atoms with E-state index in [0.717, 1.165) is 19.8 Å². The molecule has 1 heterocycles. The summed E-state index contributed by atoms with van der Waals surface area (Å²) in [5, 5.41) is 2.95. The average molecular weight is 385 g/mol. The van der Waals surface area contributed by atoms with Crippen molar-refractivity contribution in [3.63, 3.8) is 0 Å². The number of halogens is 1. The summed E-state index contributed by atoms with van der Waals surface area (Å²) in [6, 6.07) is 7.66. The second kappa shape index (κ2) is 5.71. The maximum Gasteiger partial charge on any atom is 0.169 e. The molecule has 1 aromatic heterocycles. The van der Waals surface area contributed by atoms with E-state index in [9.17, 15) is 4.79 Å². The van der Waals surface area contributed by atoms with Crippen molar-refractivity contribution >= 4 is 39.7 Å². The van der Waals surface area contributed by atoms with Gasteiger partial charge in [-0.1, -0.05) is 32.9 Å². The van der Waals surface area contributed by atoms with E-state index >= 15 is 0 Å². The molecular formula is C15H16INOS. The van der Waals surface area contributed by atoms with Gasteiger partial charge in [-0.05, 0) is 34.7 Å². The fourth-order valence-corrected chi connectivity index (χ4v) is 2.99. The van der Waals surface area contributed by atoms with Crippen LogP contribution in [0.25, 0.3) is 0 Å². The lowest BCUT2D eigenvalue weighted by Crippen LogP contribution is -2.12. The summed E-state index contributed by atoms with van der Waals surface area (Å²) in [7, 11) is 0. The first kappa shape index (κ1) is 14.7. The molecule has 19 heavy (non-hydrogen) atoms. The van der Waals surface area contributed by atoms with Crippen LogP contribution < -0.4 is 0 Å². The third-order valence-corrected chi connectivity index (χ3v) is 4.37. The summed E-state index contributed by atoms with van der Waals surface area (Å²) >= 11 is 3.80. The molecule has 1 aromatic carbocycles. The molecule has 0 unspecified atom stereocenters. The van der Waals surface area contributed by atoms with Crippen molar-refractivity contribution in [1.82, 2.24) is 4.98 Å². The number of Topliss-reactive ketones (excluding diaryl/α,β-unsaturated/α-hetero) is 1. The smallest absolute Gasteiger partial charge is 0.169 e. The highest BCUT2D eigenvalue weighted by Gasteiger charge is 2.18. The van der Waals surface area contributed by atoms with Crippen molar-refractivity contribution in [2.75, 3.05) is 0 Å². The zero-order chi connectivity index (χ0) is 14.0. The van der Waals surface area contributed by atoms with Gasteiger partial charge >= 0.3 is 0 Å². The minimum Gasteiger partial charge on any atom is -0.294 e. The molecule has 0 aliphatic carbocycles. The highest BCUT2D eigenvalue weighted by atomic mass is 127. The minimum absolute atomic E-state index is 0.0423. The van der Waals surface area contributed by atoms with Gasteiger partial charge in [-0.3, -0.25) is 4.79 Å². The largest absolute Gasteiger partial charge is 0.294 e. The summed E-state index contributed by atoms with van der Waals surface area (Å²) in [5.41, 5.74) is 1.86. The molecule has 0 saturated carbocycles. The number of benzene rings is 1. The van der Waals surface area contributed by atoms with Crippen molar-refractivity contribution in [1.29, 1.82) is 0 Å². The highest BCUT2D eigenvalue weighted by Crippen LogP contribution is 2.24. The monoisotopic (exact) mass is 385 g/mol. The van der Waals surface area contributed by atoms with Gasteiger partial charge in [0.15, 0.2) is 5.78 Å². The summed E-state index contributed by atoms with van der Waals surface area (Å²) in [4.78, 5) is 16.7. The number of hydrogen-bond acceptors (Lipinski definition) is 3.